The minimum absolute atomic E-state index is 0.444. The van der Waals surface area contributed by atoms with E-state index in [0.717, 1.165) is 17.1 Å². The number of nitrogens with zero attached hydrogens (tertiary/aromatic N) is 1. The zero-order chi connectivity index (χ0) is 37.8. The molecule has 11 rings (SSSR count). The molecular weight excluding hydrogens is 707 g/mol. The fourth-order valence-corrected chi connectivity index (χ4v) is 10.5. The molecule has 268 valence electrons. The smallest absolute Gasteiger partial charge is 0.0713 e. The first-order chi connectivity index (χ1) is 28.3. The van der Waals surface area contributed by atoms with E-state index in [-0.39, 0.29) is 0 Å². The zero-order valence-corrected chi connectivity index (χ0v) is 32.0. The predicted molar refractivity (Wildman–Crippen MR) is 242 cm³/mol. The number of benzene rings is 9. The van der Waals surface area contributed by atoms with Crippen LogP contribution in [0.3, 0.4) is 0 Å². The van der Waals surface area contributed by atoms with Crippen molar-refractivity contribution < 1.29 is 0 Å². The molecule has 1 nitrogen and oxygen atoms in total. The van der Waals surface area contributed by atoms with Crippen LogP contribution in [0.5, 0.6) is 0 Å². The Kier molecular flexibility index (Phi) is 7.98. The summed E-state index contributed by atoms with van der Waals surface area (Å²) in [6.07, 6.45) is 0. The Morgan fingerprint density at radius 3 is 1.58 bits per heavy atom. The number of thiophene rings is 1. The molecule has 0 radical (unpaired) electrons. The Hall–Kier alpha value is -7.00. The molecule has 0 spiro atoms. The maximum absolute atomic E-state index is 2.39. The van der Waals surface area contributed by atoms with Gasteiger partial charge in [-0.3, -0.25) is 0 Å². The van der Waals surface area contributed by atoms with E-state index in [0.29, 0.717) is 0 Å². The highest BCUT2D eigenvalue weighted by Crippen LogP contribution is 2.56. The van der Waals surface area contributed by atoms with Gasteiger partial charge in [0.25, 0.3) is 0 Å². The van der Waals surface area contributed by atoms with Crippen molar-refractivity contribution in [2.45, 2.75) is 5.41 Å². The highest BCUT2D eigenvalue weighted by atomic mass is 32.1. The number of hydrogen-bond donors (Lipinski definition) is 0. The van der Waals surface area contributed by atoms with E-state index in [1.807, 2.05) is 11.3 Å². The van der Waals surface area contributed by atoms with Crippen molar-refractivity contribution in [3.63, 3.8) is 0 Å². The highest BCUT2D eigenvalue weighted by Gasteiger charge is 2.45. The molecule has 2 heteroatoms. The molecular formula is C55H37NS. The molecule has 0 unspecified atom stereocenters. The van der Waals surface area contributed by atoms with Gasteiger partial charge in [0, 0.05) is 37.2 Å². The van der Waals surface area contributed by atoms with E-state index in [2.05, 4.69) is 229 Å². The normalized spacial score (nSPS) is 12.7. The van der Waals surface area contributed by atoms with E-state index < -0.39 is 5.41 Å². The standard InChI is InChI=1S/C55H37NS/c1-3-15-38(16-4-1)40-17-13-20-45(37-40)56(43-33-29-39(30-34-43)46-24-14-25-50-49-23-9-12-28-53(49)57-54(46)50)44-35-31-42(32-36-44)55(41-18-5-2-6-19-41)51-26-10-7-21-47(51)48-22-8-11-27-52(48)55/h1-37H. The van der Waals surface area contributed by atoms with Crippen LogP contribution in [0.25, 0.3) is 53.6 Å². The number of fused-ring (bicyclic) bond motifs is 6. The molecule has 0 atom stereocenters. The van der Waals surface area contributed by atoms with E-state index in [9.17, 15) is 0 Å². The van der Waals surface area contributed by atoms with E-state index in [1.54, 1.807) is 0 Å². The van der Waals surface area contributed by atoms with Gasteiger partial charge in [-0.2, -0.15) is 0 Å². The Balaban J connectivity index is 1.06. The SMILES string of the molecule is c1ccc(-c2cccc(N(c3ccc(-c4cccc5c4sc4ccccc45)cc3)c3ccc(C4(c5ccccc5)c5ccccc5-c5ccccc54)cc3)c2)cc1. The summed E-state index contributed by atoms with van der Waals surface area (Å²) in [5, 5.41) is 2.64. The highest BCUT2D eigenvalue weighted by molar-refractivity contribution is 7.26. The summed E-state index contributed by atoms with van der Waals surface area (Å²) in [6.45, 7) is 0. The monoisotopic (exact) mass is 743 g/mol. The summed E-state index contributed by atoms with van der Waals surface area (Å²) < 4.78 is 2.65. The van der Waals surface area contributed by atoms with Crippen LogP contribution in [0.15, 0.2) is 224 Å². The third-order valence-corrected chi connectivity index (χ3v) is 13.0. The maximum Gasteiger partial charge on any atom is 0.0713 e. The van der Waals surface area contributed by atoms with Crippen LogP contribution in [-0.2, 0) is 5.41 Å². The van der Waals surface area contributed by atoms with Crippen molar-refractivity contribution in [1.29, 1.82) is 0 Å². The average molecular weight is 744 g/mol. The third-order valence-electron chi connectivity index (χ3n) is 11.8. The predicted octanol–water partition coefficient (Wildman–Crippen LogP) is 15.2. The molecule has 0 saturated carbocycles. The molecule has 0 saturated heterocycles. The molecule has 0 amide bonds. The van der Waals surface area contributed by atoms with Crippen molar-refractivity contribution in [2.24, 2.45) is 0 Å². The molecule has 1 aliphatic rings. The first-order valence-electron chi connectivity index (χ1n) is 19.6. The first-order valence-corrected chi connectivity index (χ1v) is 20.4. The minimum Gasteiger partial charge on any atom is -0.310 e. The molecule has 1 aliphatic carbocycles. The summed E-state index contributed by atoms with van der Waals surface area (Å²) >= 11 is 1.88. The van der Waals surface area contributed by atoms with Crippen LogP contribution in [-0.4, -0.2) is 0 Å². The minimum atomic E-state index is -0.444. The Labute approximate surface area is 337 Å². The second-order valence-corrected chi connectivity index (χ2v) is 15.9. The van der Waals surface area contributed by atoms with Gasteiger partial charge in [-0.15, -0.1) is 11.3 Å². The maximum atomic E-state index is 2.39. The van der Waals surface area contributed by atoms with Crippen LogP contribution >= 0.6 is 11.3 Å². The van der Waals surface area contributed by atoms with Gasteiger partial charge in [-0.25, -0.2) is 0 Å². The molecule has 10 aromatic rings. The average Bonchev–Trinajstić information content (AvgIpc) is 3.82. The van der Waals surface area contributed by atoms with Crippen LogP contribution in [0.4, 0.5) is 17.1 Å². The fourth-order valence-electron chi connectivity index (χ4n) is 9.24. The third kappa shape index (κ3) is 5.37. The van der Waals surface area contributed by atoms with Gasteiger partial charge in [0.2, 0.25) is 0 Å². The van der Waals surface area contributed by atoms with Gasteiger partial charge >= 0.3 is 0 Å². The first kappa shape index (κ1) is 33.3. The number of hydrogen-bond acceptors (Lipinski definition) is 2. The van der Waals surface area contributed by atoms with Crippen molar-refractivity contribution in [2.75, 3.05) is 4.90 Å². The lowest BCUT2D eigenvalue weighted by Gasteiger charge is -2.34. The lowest BCUT2D eigenvalue weighted by Crippen LogP contribution is -2.28. The Morgan fingerprint density at radius 2 is 0.860 bits per heavy atom. The lowest BCUT2D eigenvalue weighted by molar-refractivity contribution is 0.768. The summed E-state index contributed by atoms with van der Waals surface area (Å²) in [6, 6.07) is 82.4. The van der Waals surface area contributed by atoms with E-state index in [1.165, 1.54) is 75.8 Å². The van der Waals surface area contributed by atoms with Gasteiger partial charge in [0.1, 0.15) is 0 Å². The zero-order valence-electron chi connectivity index (χ0n) is 31.2. The summed E-state index contributed by atoms with van der Waals surface area (Å²) in [5.74, 6) is 0. The Morgan fingerprint density at radius 1 is 0.333 bits per heavy atom. The largest absolute Gasteiger partial charge is 0.310 e. The van der Waals surface area contributed by atoms with Crippen molar-refractivity contribution in [1.82, 2.24) is 0 Å². The summed E-state index contributed by atoms with van der Waals surface area (Å²) in [7, 11) is 0. The topological polar surface area (TPSA) is 3.24 Å². The number of rotatable bonds is 7. The second kappa shape index (κ2) is 13.6. The van der Waals surface area contributed by atoms with Crippen LogP contribution in [0.2, 0.25) is 0 Å². The summed E-state index contributed by atoms with van der Waals surface area (Å²) in [5.41, 5.74) is 15.5. The van der Waals surface area contributed by atoms with Crippen molar-refractivity contribution in [3.8, 4) is 33.4 Å². The quantitative estimate of drug-likeness (QED) is 0.157. The van der Waals surface area contributed by atoms with Gasteiger partial charge < -0.3 is 4.90 Å². The number of anilines is 3. The van der Waals surface area contributed by atoms with Crippen LogP contribution in [0.1, 0.15) is 22.3 Å². The van der Waals surface area contributed by atoms with E-state index in [4.69, 9.17) is 0 Å². The van der Waals surface area contributed by atoms with Gasteiger partial charge in [0.05, 0.1) is 5.41 Å². The molecule has 1 heterocycles. The molecule has 1 aromatic heterocycles. The molecule has 0 fully saturated rings. The lowest BCUT2D eigenvalue weighted by atomic mass is 9.68. The van der Waals surface area contributed by atoms with Crippen molar-refractivity contribution >= 4 is 48.6 Å². The molecule has 0 N–H and O–H groups in total. The molecule has 0 aliphatic heterocycles. The van der Waals surface area contributed by atoms with Crippen molar-refractivity contribution in [3.05, 3.63) is 247 Å². The molecule has 9 aromatic carbocycles. The molecule has 0 bridgehead atoms. The van der Waals surface area contributed by atoms with E-state index >= 15 is 0 Å². The molecule has 57 heavy (non-hydrogen) atoms. The summed E-state index contributed by atoms with van der Waals surface area (Å²) in [4.78, 5) is 2.39. The Bertz CT molecular complexity index is 3010. The van der Waals surface area contributed by atoms with Gasteiger partial charge in [-0.05, 0) is 98.1 Å². The van der Waals surface area contributed by atoms with Gasteiger partial charge in [-0.1, -0.05) is 182 Å². The van der Waals surface area contributed by atoms with Gasteiger partial charge in [0.15, 0.2) is 0 Å². The second-order valence-electron chi connectivity index (χ2n) is 14.8. The van der Waals surface area contributed by atoms with Crippen LogP contribution < -0.4 is 4.90 Å². The van der Waals surface area contributed by atoms with Crippen LogP contribution in [0, 0.1) is 0 Å². The fraction of sp³-hybridized carbons (Fsp3) is 0.0182.